The molecule has 1 fully saturated rings. The molecule has 0 aliphatic carbocycles. The van der Waals surface area contributed by atoms with Crippen LogP contribution >= 0.6 is 0 Å². The molecular weight excluding hydrogens is 250 g/mol. The van der Waals surface area contributed by atoms with Gasteiger partial charge in [-0.2, -0.15) is 0 Å². The molecule has 1 aliphatic heterocycles. The highest BCUT2D eigenvalue weighted by Gasteiger charge is 2.21. The van der Waals surface area contributed by atoms with Gasteiger partial charge in [0.05, 0.1) is 5.75 Å². The zero-order valence-electron chi connectivity index (χ0n) is 11.9. The van der Waals surface area contributed by atoms with Crippen molar-refractivity contribution in [2.24, 2.45) is 0 Å². The average molecular weight is 277 g/mol. The van der Waals surface area contributed by atoms with Crippen molar-refractivity contribution in [3.05, 3.63) is 0 Å². The molecule has 1 saturated heterocycles. The molecule has 0 spiro atoms. The molecule has 0 aromatic heterocycles. The van der Waals surface area contributed by atoms with Crippen molar-refractivity contribution in [3.8, 4) is 0 Å². The summed E-state index contributed by atoms with van der Waals surface area (Å²) in [7, 11) is -0.642. The van der Waals surface area contributed by atoms with Gasteiger partial charge < -0.3 is 10.2 Å². The first-order chi connectivity index (χ1) is 8.42. The minimum atomic E-state index is -2.83. The molecule has 0 amide bonds. The number of likely N-dealkylation sites (N-methyl/N-ethyl adjacent to an activating group) is 1. The number of nitrogens with zero attached hydrogens (tertiary/aromatic N) is 2. The van der Waals surface area contributed by atoms with Gasteiger partial charge in [0.15, 0.2) is 0 Å². The summed E-state index contributed by atoms with van der Waals surface area (Å²) in [6.07, 6.45) is 2.47. The lowest BCUT2D eigenvalue weighted by Crippen LogP contribution is -2.52. The summed E-state index contributed by atoms with van der Waals surface area (Å²) < 4.78 is 21.9. The molecule has 0 radical (unpaired) electrons. The first kappa shape index (κ1) is 15.9. The highest BCUT2D eigenvalue weighted by molar-refractivity contribution is 7.90. The van der Waals surface area contributed by atoms with Crippen molar-refractivity contribution in [2.75, 3.05) is 58.3 Å². The van der Waals surface area contributed by atoms with Crippen LogP contribution in [0.15, 0.2) is 0 Å². The maximum Gasteiger partial charge on any atom is 0.148 e. The molecule has 0 saturated carbocycles. The lowest BCUT2D eigenvalue weighted by molar-refractivity contribution is 0.0941. The first-order valence-electron chi connectivity index (χ1n) is 6.73. The predicted octanol–water partition coefficient (Wildman–Crippen LogP) is -0.353. The summed E-state index contributed by atoms with van der Waals surface area (Å²) in [6.45, 7) is 8.03. The second-order valence-electron chi connectivity index (χ2n) is 5.22. The van der Waals surface area contributed by atoms with E-state index in [1.165, 1.54) is 12.7 Å². The van der Waals surface area contributed by atoms with E-state index >= 15 is 0 Å². The monoisotopic (exact) mass is 277 g/mol. The molecule has 1 N–H and O–H groups in total. The Morgan fingerprint density at radius 3 is 2.61 bits per heavy atom. The molecule has 18 heavy (non-hydrogen) atoms. The van der Waals surface area contributed by atoms with Crippen LogP contribution in [0.1, 0.15) is 13.3 Å². The minimum Gasteiger partial charge on any atom is -0.314 e. The van der Waals surface area contributed by atoms with E-state index in [1.54, 1.807) is 0 Å². The van der Waals surface area contributed by atoms with Gasteiger partial charge in [0.1, 0.15) is 9.84 Å². The fourth-order valence-electron chi connectivity index (χ4n) is 2.27. The van der Waals surface area contributed by atoms with E-state index < -0.39 is 9.84 Å². The molecule has 6 heteroatoms. The Hall–Kier alpha value is -0.170. The third kappa shape index (κ3) is 6.13. The van der Waals surface area contributed by atoms with Gasteiger partial charge in [-0.05, 0) is 13.5 Å². The molecular formula is C12H27N3O2S. The number of hydrogen-bond donors (Lipinski definition) is 1. The Morgan fingerprint density at radius 2 is 2.00 bits per heavy atom. The predicted molar refractivity (Wildman–Crippen MR) is 75.7 cm³/mol. The Morgan fingerprint density at radius 1 is 1.28 bits per heavy atom. The number of hydrogen-bond acceptors (Lipinski definition) is 5. The Kier molecular flexibility index (Phi) is 6.55. The zero-order valence-corrected chi connectivity index (χ0v) is 12.7. The molecule has 1 atom stereocenters. The summed E-state index contributed by atoms with van der Waals surface area (Å²) in [5.41, 5.74) is 0. The summed E-state index contributed by atoms with van der Waals surface area (Å²) in [5, 5.41) is 3.20. The number of piperazine rings is 1. The van der Waals surface area contributed by atoms with Crippen LogP contribution in [-0.4, -0.2) is 82.6 Å². The largest absolute Gasteiger partial charge is 0.314 e. The molecule has 1 rings (SSSR count). The maximum absolute atomic E-state index is 11.0. The van der Waals surface area contributed by atoms with Crippen LogP contribution in [0.25, 0.3) is 0 Å². The van der Waals surface area contributed by atoms with Gasteiger partial charge in [-0.25, -0.2) is 8.42 Å². The van der Waals surface area contributed by atoms with E-state index in [-0.39, 0.29) is 5.75 Å². The number of sulfone groups is 1. The topological polar surface area (TPSA) is 52.7 Å². The minimum absolute atomic E-state index is 0.229. The van der Waals surface area contributed by atoms with Gasteiger partial charge >= 0.3 is 0 Å². The van der Waals surface area contributed by atoms with Gasteiger partial charge in [-0.1, -0.05) is 6.92 Å². The molecule has 108 valence electrons. The van der Waals surface area contributed by atoms with Crippen molar-refractivity contribution in [2.45, 2.75) is 19.4 Å². The van der Waals surface area contributed by atoms with Crippen molar-refractivity contribution in [1.82, 2.24) is 15.1 Å². The van der Waals surface area contributed by atoms with Crippen molar-refractivity contribution in [1.29, 1.82) is 0 Å². The van der Waals surface area contributed by atoms with E-state index in [9.17, 15) is 8.42 Å². The van der Waals surface area contributed by atoms with Crippen molar-refractivity contribution >= 4 is 9.84 Å². The molecule has 1 unspecified atom stereocenters. The van der Waals surface area contributed by atoms with Gasteiger partial charge in [0, 0.05) is 51.6 Å². The number of rotatable bonds is 7. The average Bonchev–Trinajstić information content (AvgIpc) is 2.29. The van der Waals surface area contributed by atoms with E-state index in [4.69, 9.17) is 0 Å². The van der Waals surface area contributed by atoms with Crippen LogP contribution in [0.5, 0.6) is 0 Å². The summed E-state index contributed by atoms with van der Waals surface area (Å²) >= 11 is 0. The van der Waals surface area contributed by atoms with Crippen molar-refractivity contribution < 1.29 is 8.42 Å². The highest BCUT2D eigenvalue weighted by Crippen LogP contribution is 2.09. The van der Waals surface area contributed by atoms with Gasteiger partial charge in [0.2, 0.25) is 0 Å². The smallest absolute Gasteiger partial charge is 0.148 e. The van der Waals surface area contributed by atoms with Gasteiger partial charge in [0.25, 0.3) is 0 Å². The fourth-order valence-corrected chi connectivity index (χ4v) is 2.79. The normalized spacial score (nSPS) is 23.4. The van der Waals surface area contributed by atoms with Crippen LogP contribution in [0.2, 0.25) is 0 Å². The Balaban J connectivity index is 2.13. The summed E-state index contributed by atoms with van der Waals surface area (Å²) in [6, 6.07) is 0.662. The fraction of sp³-hybridized carbons (Fsp3) is 1.00. The third-order valence-corrected chi connectivity index (χ3v) is 4.53. The molecule has 0 bridgehead atoms. The second-order valence-corrected chi connectivity index (χ2v) is 7.48. The lowest BCUT2D eigenvalue weighted by Gasteiger charge is -2.39. The van der Waals surface area contributed by atoms with E-state index in [0.717, 1.165) is 32.7 Å². The standard InChI is InChI=1S/C12H27N3O2S/c1-4-12-11-15(9-8-14(12)2)7-5-13-6-10-18(3,16)17/h12-13H,4-11H2,1-3H3. The summed E-state index contributed by atoms with van der Waals surface area (Å²) in [5.74, 6) is 0.229. The maximum atomic E-state index is 11.0. The van der Waals surface area contributed by atoms with Gasteiger partial charge in [-0.15, -0.1) is 0 Å². The van der Waals surface area contributed by atoms with Crippen LogP contribution in [-0.2, 0) is 9.84 Å². The van der Waals surface area contributed by atoms with E-state index in [2.05, 4.69) is 29.1 Å². The highest BCUT2D eigenvalue weighted by atomic mass is 32.2. The molecule has 0 aromatic rings. The molecule has 1 aliphatic rings. The van der Waals surface area contributed by atoms with Gasteiger partial charge in [-0.3, -0.25) is 4.90 Å². The van der Waals surface area contributed by atoms with Crippen LogP contribution in [0.4, 0.5) is 0 Å². The molecule has 1 heterocycles. The SMILES string of the molecule is CCC1CN(CCNCCS(C)(=O)=O)CCN1C. The molecule has 5 nitrogen and oxygen atoms in total. The van der Waals surface area contributed by atoms with E-state index in [1.807, 2.05) is 0 Å². The van der Waals surface area contributed by atoms with Crippen molar-refractivity contribution in [3.63, 3.8) is 0 Å². The zero-order chi connectivity index (χ0) is 13.6. The van der Waals surface area contributed by atoms with Crippen LogP contribution in [0, 0.1) is 0 Å². The Labute approximate surface area is 111 Å². The van der Waals surface area contributed by atoms with Crippen LogP contribution < -0.4 is 5.32 Å². The van der Waals surface area contributed by atoms with E-state index in [0.29, 0.717) is 12.6 Å². The quantitative estimate of drug-likeness (QED) is 0.645. The molecule has 0 aromatic carbocycles. The third-order valence-electron chi connectivity index (χ3n) is 3.59. The lowest BCUT2D eigenvalue weighted by atomic mass is 10.1. The van der Waals surface area contributed by atoms with Crippen LogP contribution in [0.3, 0.4) is 0 Å². The Bertz CT molecular complexity index is 332. The second kappa shape index (κ2) is 7.43. The summed E-state index contributed by atoms with van der Waals surface area (Å²) in [4.78, 5) is 4.88. The first-order valence-corrected chi connectivity index (χ1v) is 8.79. The number of nitrogens with one attached hydrogen (secondary N) is 1.